The van der Waals surface area contributed by atoms with Crippen LogP contribution in [0, 0.1) is 0 Å². The molecule has 1 heterocycles. The first-order valence-electron chi connectivity index (χ1n) is 6.04. The van der Waals surface area contributed by atoms with E-state index in [-0.39, 0.29) is 22.0 Å². The van der Waals surface area contributed by atoms with Crippen LogP contribution in [-0.2, 0) is 16.4 Å². The van der Waals surface area contributed by atoms with Crippen molar-refractivity contribution in [3.8, 4) is 0 Å². The van der Waals surface area contributed by atoms with Crippen LogP contribution in [0.2, 0.25) is 5.02 Å². The standard InChI is InChI=1S/C13H13ClN2O4S/c14-12-2-1-10(7-11(12)13(17)18)21(19,20)16-6-4-9-3-5-15-8-9/h1-3,5,7-8,15-16H,4,6H2,(H,17,18). The number of hydrogen-bond acceptors (Lipinski definition) is 3. The quantitative estimate of drug-likeness (QED) is 0.754. The predicted molar refractivity (Wildman–Crippen MR) is 78.1 cm³/mol. The average molecular weight is 329 g/mol. The Morgan fingerprint density at radius 3 is 2.71 bits per heavy atom. The van der Waals surface area contributed by atoms with Gasteiger partial charge in [-0.3, -0.25) is 0 Å². The number of nitrogens with one attached hydrogen (secondary N) is 2. The van der Waals surface area contributed by atoms with Gasteiger partial charge in [0.25, 0.3) is 0 Å². The monoisotopic (exact) mass is 328 g/mol. The van der Waals surface area contributed by atoms with E-state index < -0.39 is 16.0 Å². The number of carbonyl (C=O) groups is 1. The topological polar surface area (TPSA) is 99.3 Å². The van der Waals surface area contributed by atoms with Gasteiger partial charge in [0, 0.05) is 18.9 Å². The smallest absolute Gasteiger partial charge is 0.337 e. The summed E-state index contributed by atoms with van der Waals surface area (Å²) >= 11 is 5.71. The second kappa shape index (κ2) is 6.30. The summed E-state index contributed by atoms with van der Waals surface area (Å²) in [6, 6.07) is 5.42. The molecule has 3 N–H and O–H groups in total. The second-order valence-electron chi connectivity index (χ2n) is 4.31. The van der Waals surface area contributed by atoms with Gasteiger partial charge in [-0.2, -0.15) is 0 Å². The number of benzene rings is 1. The SMILES string of the molecule is O=C(O)c1cc(S(=O)(=O)NCCc2cc[nH]c2)ccc1Cl. The van der Waals surface area contributed by atoms with Crippen molar-refractivity contribution in [1.29, 1.82) is 0 Å². The molecule has 1 aromatic carbocycles. The molecule has 8 heteroatoms. The second-order valence-corrected chi connectivity index (χ2v) is 6.49. The van der Waals surface area contributed by atoms with Crippen LogP contribution in [0.1, 0.15) is 15.9 Å². The molecule has 0 amide bonds. The van der Waals surface area contributed by atoms with Gasteiger partial charge in [0.15, 0.2) is 0 Å². The third kappa shape index (κ3) is 3.84. The van der Waals surface area contributed by atoms with Crippen molar-refractivity contribution in [2.24, 2.45) is 0 Å². The van der Waals surface area contributed by atoms with Crippen LogP contribution < -0.4 is 4.72 Å². The first-order valence-corrected chi connectivity index (χ1v) is 7.90. The van der Waals surface area contributed by atoms with Crippen LogP contribution in [0.15, 0.2) is 41.6 Å². The molecule has 21 heavy (non-hydrogen) atoms. The van der Waals surface area contributed by atoms with Crippen LogP contribution in [0.3, 0.4) is 0 Å². The highest BCUT2D eigenvalue weighted by Gasteiger charge is 2.18. The highest BCUT2D eigenvalue weighted by atomic mass is 35.5. The van der Waals surface area contributed by atoms with E-state index >= 15 is 0 Å². The van der Waals surface area contributed by atoms with Gasteiger partial charge in [-0.15, -0.1) is 0 Å². The number of carboxylic acid groups (broad SMARTS) is 1. The molecule has 0 saturated heterocycles. The van der Waals surface area contributed by atoms with Gasteiger partial charge < -0.3 is 10.1 Å². The third-order valence-corrected chi connectivity index (χ3v) is 4.63. The third-order valence-electron chi connectivity index (χ3n) is 2.85. The van der Waals surface area contributed by atoms with Crippen LogP contribution >= 0.6 is 11.6 Å². The average Bonchev–Trinajstić information content (AvgIpc) is 2.91. The number of rotatable bonds is 6. The Kier molecular flexibility index (Phi) is 4.66. The van der Waals surface area contributed by atoms with Gasteiger partial charge in [-0.1, -0.05) is 11.6 Å². The lowest BCUT2D eigenvalue weighted by molar-refractivity contribution is 0.0697. The summed E-state index contributed by atoms with van der Waals surface area (Å²) in [4.78, 5) is 13.7. The number of aromatic amines is 1. The summed E-state index contributed by atoms with van der Waals surface area (Å²) in [6.45, 7) is 0.214. The summed E-state index contributed by atoms with van der Waals surface area (Å²) in [7, 11) is -3.77. The summed E-state index contributed by atoms with van der Waals surface area (Å²) in [6.07, 6.45) is 4.06. The number of hydrogen-bond donors (Lipinski definition) is 3. The van der Waals surface area contributed by atoms with E-state index in [4.69, 9.17) is 16.7 Å². The van der Waals surface area contributed by atoms with E-state index in [1.807, 2.05) is 6.07 Å². The number of halogens is 1. The Labute approximate surface area is 126 Å². The Balaban J connectivity index is 2.12. The molecule has 0 radical (unpaired) electrons. The van der Waals surface area contributed by atoms with Crippen LogP contribution in [-0.4, -0.2) is 31.0 Å². The molecule has 0 aliphatic rings. The zero-order valence-corrected chi connectivity index (χ0v) is 12.4. The molecule has 2 rings (SSSR count). The molecule has 0 saturated carbocycles. The highest BCUT2D eigenvalue weighted by Crippen LogP contribution is 2.20. The van der Waals surface area contributed by atoms with Crippen molar-refractivity contribution in [2.75, 3.05) is 6.54 Å². The van der Waals surface area contributed by atoms with E-state index in [1.54, 1.807) is 12.4 Å². The van der Waals surface area contributed by atoms with Crippen molar-refractivity contribution in [2.45, 2.75) is 11.3 Å². The molecule has 0 spiro atoms. The molecular weight excluding hydrogens is 316 g/mol. The lowest BCUT2D eigenvalue weighted by atomic mass is 10.2. The first-order chi connectivity index (χ1) is 9.90. The zero-order valence-electron chi connectivity index (χ0n) is 10.8. The Bertz CT molecular complexity index is 742. The van der Waals surface area contributed by atoms with Gasteiger partial charge in [0.05, 0.1) is 15.5 Å². The van der Waals surface area contributed by atoms with Crippen LogP contribution in [0.4, 0.5) is 0 Å². The molecule has 112 valence electrons. The van der Waals surface area contributed by atoms with E-state index in [0.717, 1.165) is 11.6 Å². The number of sulfonamides is 1. The minimum absolute atomic E-state index is 0.00577. The maximum atomic E-state index is 12.1. The molecule has 0 bridgehead atoms. The first kappa shape index (κ1) is 15.6. The van der Waals surface area contributed by atoms with Crippen molar-refractivity contribution in [3.05, 3.63) is 52.8 Å². The van der Waals surface area contributed by atoms with Crippen molar-refractivity contribution in [3.63, 3.8) is 0 Å². The molecule has 0 aliphatic heterocycles. The van der Waals surface area contributed by atoms with Crippen molar-refractivity contribution < 1.29 is 18.3 Å². The van der Waals surface area contributed by atoms with Crippen LogP contribution in [0.5, 0.6) is 0 Å². The lowest BCUT2D eigenvalue weighted by Crippen LogP contribution is -2.26. The van der Waals surface area contributed by atoms with Crippen molar-refractivity contribution in [1.82, 2.24) is 9.71 Å². The summed E-state index contributed by atoms with van der Waals surface area (Å²) in [5.41, 5.74) is 0.727. The van der Waals surface area contributed by atoms with Gasteiger partial charge >= 0.3 is 5.97 Å². The number of aromatic nitrogens is 1. The fourth-order valence-electron chi connectivity index (χ4n) is 1.76. The fraction of sp³-hybridized carbons (Fsp3) is 0.154. The minimum atomic E-state index is -3.77. The molecule has 2 aromatic rings. The largest absolute Gasteiger partial charge is 0.478 e. The fourth-order valence-corrected chi connectivity index (χ4v) is 3.02. The normalized spacial score (nSPS) is 11.5. The number of aromatic carboxylic acids is 1. The summed E-state index contributed by atoms with van der Waals surface area (Å²) in [5.74, 6) is -1.27. The maximum absolute atomic E-state index is 12.1. The Hall–Kier alpha value is -1.83. The molecule has 1 aromatic heterocycles. The van der Waals surface area contributed by atoms with E-state index in [9.17, 15) is 13.2 Å². The van der Waals surface area contributed by atoms with Gasteiger partial charge in [-0.25, -0.2) is 17.9 Å². The molecule has 0 unspecified atom stereocenters. The molecule has 0 atom stereocenters. The molecule has 0 fully saturated rings. The van der Waals surface area contributed by atoms with E-state index in [0.29, 0.717) is 6.42 Å². The molecule has 0 aliphatic carbocycles. The molecule has 6 nitrogen and oxygen atoms in total. The number of carboxylic acids is 1. The molecular formula is C13H13ClN2O4S. The highest BCUT2D eigenvalue weighted by molar-refractivity contribution is 7.89. The maximum Gasteiger partial charge on any atom is 0.337 e. The van der Waals surface area contributed by atoms with Gasteiger partial charge in [0.2, 0.25) is 10.0 Å². The van der Waals surface area contributed by atoms with Gasteiger partial charge in [0.1, 0.15) is 0 Å². The van der Waals surface area contributed by atoms with E-state index in [1.165, 1.54) is 12.1 Å². The Morgan fingerprint density at radius 2 is 2.10 bits per heavy atom. The van der Waals surface area contributed by atoms with E-state index in [2.05, 4.69) is 9.71 Å². The summed E-state index contributed by atoms with van der Waals surface area (Å²) < 4.78 is 26.6. The van der Waals surface area contributed by atoms with Crippen molar-refractivity contribution >= 4 is 27.6 Å². The zero-order chi connectivity index (χ0) is 15.5. The lowest BCUT2D eigenvalue weighted by Gasteiger charge is -2.08. The van der Waals surface area contributed by atoms with Crippen LogP contribution in [0.25, 0.3) is 0 Å². The Morgan fingerprint density at radius 1 is 1.33 bits per heavy atom. The van der Waals surface area contributed by atoms with Gasteiger partial charge in [-0.05, 0) is 36.2 Å². The predicted octanol–water partition coefficient (Wildman–Crippen LogP) is 1.89. The number of H-pyrrole nitrogens is 1. The summed E-state index contributed by atoms with van der Waals surface area (Å²) in [5, 5.41) is 8.95. The minimum Gasteiger partial charge on any atom is -0.478 e.